The molecule has 2 aromatic rings. The number of ether oxygens (including phenoxy) is 1. The van der Waals surface area contributed by atoms with Crippen LogP contribution in [0, 0.1) is 6.92 Å². The van der Waals surface area contributed by atoms with Crippen LogP contribution >= 0.6 is 23.2 Å². The molecule has 0 bridgehead atoms. The minimum absolute atomic E-state index is 0.0348. The van der Waals surface area contributed by atoms with Crippen molar-refractivity contribution < 1.29 is 9.53 Å². The van der Waals surface area contributed by atoms with Gasteiger partial charge in [-0.15, -0.1) is 0 Å². The quantitative estimate of drug-likeness (QED) is 0.799. The van der Waals surface area contributed by atoms with Crippen molar-refractivity contribution in [3.63, 3.8) is 0 Å². The maximum atomic E-state index is 12.1. The zero-order valence-electron chi connectivity index (χ0n) is 13.1. The van der Waals surface area contributed by atoms with Crippen LogP contribution in [-0.2, 0) is 4.79 Å². The van der Waals surface area contributed by atoms with Crippen LogP contribution in [0.5, 0.6) is 5.75 Å². The predicted octanol–water partition coefficient (Wildman–Crippen LogP) is 4.95. The fourth-order valence-corrected chi connectivity index (χ4v) is 2.65. The van der Waals surface area contributed by atoms with Gasteiger partial charge in [0.15, 0.2) is 6.61 Å². The Morgan fingerprint density at radius 1 is 1.17 bits per heavy atom. The molecule has 0 saturated heterocycles. The number of halogens is 2. The molecule has 1 amide bonds. The number of nitrogens with one attached hydrogen (secondary N) is 1. The van der Waals surface area contributed by atoms with Crippen LogP contribution in [-0.4, -0.2) is 12.5 Å². The maximum Gasteiger partial charge on any atom is 0.258 e. The summed E-state index contributed by atoms with van der Waals surface area (Å²) in [7, 11) is 0. The summed E-state index contributed by atoms with van der Waals surface area (Å²) in [5.74, 6) is 0.248. The second-order valence-electron chi connectivity index (χ2n) is 5.30. The van der Waals surface area contributed by atoms with Crippen molar-refractivity contribution in [3.8, 4) is 5.75 Å². The lowest BCUT2D eigenvalue weighted by Gasteiger charge is -2.18. The van der Waals surface area contributed by atoms with Gasteiger partial charge in [0.25, 0.3) is 5.91 Å². The molecule has 0 aliphatic rings. The van der Waals surface area contributed by atoms with Gasteiger partial charge in [0, 0.05) is 5.02 Å². The number of rotatable bonds is 6. The Morgan fingerprint density at radius 2 is 1.87 bits per heavy atom. The molecule has 0 radical (unpaired) electrons. The van der Waals surface area contributed by atoms with Gasteiger partial charge in [0.1, 0.15) is 5.75 Å². The minimum atomic E-state index is -0.191. The summed E-state index contributed by atoms with van der Waals surface area (Å²) < 4.78 is 5.45. The highest BCUT2D eigenvalue weighted by Crippen LogP contribution is 2.27. The van der Waals surface area contributed by atoms with Crippen molar-refractivity contribution in [2.75, 3.05) is 6.61 Å². The highest BCUT2D eigenvalue weighted by Gasteiger charge is 2.13. The molecule has 122 valence electrons. The van der Waals surface area contributed by atoms with E-state index in [1.807, 2.05) is 38.1 Å². The standard InChI is InChI=1S/C18H19Cl2NO2/c1-3-16(13-6-4-12(2)5-7-13)21-18(22)11-23-17-9-8-14(19)10-15(17)20/h4-10,16H,3,11H2,1-2H3,(H,21,22)/t16-/m1/s1. The second kappa shape index (κ2) is 8.23. The summed E-state index contributed by atoms with van der Waals surface area (Å²) in [5.41, 5.74) is 2.27. The molecule has 1 N–H and O–H groups in total. The number of carbonyl (C=O) groups is 1. The van der Waals surface area contributed by atoms with Gasteiger partial charge in [0.05, 0.1) is 11.1 Å². The van der Waals surface area contributed by atoms with Crippen LogP contribution < -0.4 is 10.1 Å². The second-order valence-corrected chi connectivity index (χ2v) is 6.15. The number of amides is 1. The maximum absolute atomic E-state index is 12.1. The molecule has 5 heteroatoms. The molecular formula is C18H19Cl2NO2. The highest BCUT2D eigenvalue weighted by molar-refractivity contribution is 6.35. The third kappa shape index (κ3) is 5.15. The van der Waals surface area contributed by atoms with Crippen molar-refractivity contribution in [2.45, 2.75) is 26.3 Å². The molecule has 0 aliphatic heterocycles. The Kier molecular flexibility index (Phi) is 6.31. The number of hydrogen-bond acceptors (Lipinski definition) is 2. The Labute approximate surface area is 146 Å². The first-order valence-corrected chi connectivity index (χ1v) is 8.19. The zero-order valence-corrected chi connectivity index (χ0v) is 14.6. The van der Waals surface area contributed by atoms with Crippen LogP contribution in [0.2, 0.25) is 10.0 Å². The molecular weight excluding hydrogens is 333 g/mol. The van der Waals surface area contributed by atoms with Gasteiger partial charge in [-0.25, -0.2) is 0 Å². The van der Waals surface area contributed by atoms with E-state index >= 15 is 0 Å². The summed E-state index contributed by atoms with van der Waals surface area (Å²) in [4.78, 5) is 12.1. The fourth-order valence-electron chi connectivity index (χ4n) is 2.19. The average Bonchev–Trinajstić information content (AvgIpc) is 2.52. The lowest BCUT2D eigenvalue weighted by atomic mass is 10.0. The zero-order chi connectivity index (χ0) is 16.8. The Hall–Kier alpha value is -1.71. The Balaban J connectivity index is 1.93. The molecule has 0 spiro atoms. The van der Waals surface area contributed by atoms with Gasteiger partial charge in [-0.05, 0) is 37.1 Å². The van der Waals surface area contributed by atoms with E-state index in [0.29, 0.717) is 15.8 Å². The predicted molar refractivity (Wildman–Crippen MR) is 94.3 cm³/mol. The van der Waals surface area contributed by atoms with Crippen LogP contribution in [0.1, 0.15) is 30.5 Å². The van der Waals surface area contributed by atoms with E-state index in [-0.39, 0.29) is 18.6 Å². The van der Waals surface area contributed by atoms with Gasteiger partial charge in [-0.1, -0.05) is 60.0 Å². The molecule has 0 saturated carbocycles. The Morgan fingerprint density at radius 3 is 2.48 bits per heavy atom. The van der Waals surface area contributed by atoms with Crippen molar-refractivity contribution in [1.29, 1.82) is 0 Å². The van der Waals surface area contributed by atoms with E-state index in [9.17, 15) is 4.79 Å². The van der Waals surface area contributed by atoms with E-state index in [1.165, 1.54) is 5.56 Å². The van der Waals surface area contributed by atoms with Gasteiger partial charge in [-0.2, -0.15) is 0 Å². The summed E-state index contributed by atoms with van der Waals surface area (Å²) in [6.07, 6.45) is 0.802. The summed E-state index contributed by atoms with van der Waals surface area (Å²) in [5, 5.41) is 3.88. The van der Waals surface area contributed by atoms with Gasteiger partial charge >= 0.3 is 0 Å². The summed E-state index contributed by atoms with van der Waals surface area (Å²) in [6, 6.07) is 13.0. The van der Waals surface area contributed by atoms with E-state index in [0.717, 1.165) is 12.0 Å². The number of hydrogen-bond donors (Lipinski definition) is 1. The molecule has 2 rings (SSSR count). The average molecular weight is 352 g/mol. The highest BCUT2D eigenvalue weighted by atomic mass is 35.5. The van der Waals surface area contributed by atoms with Gasteiger partial charge in [-0.3, -0.25) is 4.79 Å². The van der Waals surface area contributed by atoms with Crippen LogP contribution in [0.15, 0.2) is 42.5 Å². The Bertz CT molecular complexity index is 671. The monoisotopic (exact) mass is 351 g/mol. The third-order valence-electron chi connectivity index (χ3n) is 3.48. The SMILES string of the molecule is CC[C@@H](NC(=O)COc1ccc(Cl)cc1Cl)c1ccc(C)cc1. The van der Waals surface area contributed by atoms with E-state index in [2.05, 4.69) is 5.32 Å². The smallest absolute Gasteiger partial charge is 0.258 e. The van der Waals surface area contributed by atoms with E-state index < -0.39 is 0 Å². The molecule has 0 aromatic heterocycles. The lowest BCUT2D eigenvalue weighted by Crippen LogP contribution is -2.32. The van der Waals surface area contributed by atoms with Gasteiger partial charge in [0.2, 0.25) is 0 Å². The number of carbonyl (C=O) groups excluding carboxylic acids is 1. The van der Waals surface area contributed by atoms with Crippen molar-refractivity contribution in [2.24, 2.45) is 0 Å². The molecule has 3 nitrogen and oxygen atoms in total. The molecule has 23 heavy (non-hydrogen) atoms. The van der Waals surface area contributed by atoms with Crippen molar-refractivity contribution in [3.05, 3.63) is 63.6 Å². The number of aryl methyl sites for hydroxylation is 1. The topological polar surface area (TPSA) is 38.3 Å². The largest absolute Gasteiger partial charge is 0.482 e. The van der Waals surface area contributed by atoms with Crippen LogP contribution in [0.3, 0.4) is 0 Å². The normalized spacial score (nSPS) is 11.8. The summed E-state index contributed by atoms with van der Waals surface area (Å²) in [6.45, 7) is 3.97. The molecule has 1 atom stereocenters. The first kappa shape index (κ1) is 17.6. The van der Waals surface area contributed by atoms with Crippen molar-refractivity contribution in [1.82, 2.24) is 5.32 Å². The van der Waals surface area contributed by atoms with Crippen LogP contribution in [0.25, 0.3) is 0 Å². The first-order chi connectivity index (χ1) is 11.0. The molecule has 0 fully saturated rings. The minimum Gasteiger partial charge on any atom is -0.482 e. The number of benzene rings is 2. The summed E-state index contributed by atoms with van der Waals surface area (Å²) >= 11 is 11.8. The fraction of sp³-hybridized carbons (Fsp3) is 0.278. The third-order valence-corrected chi connectivity index (χ3v) is 4.01. The first-order valence-electron chi connectivity index (χ1n) is 7.43. The van der Waals surface area contributed by atoms with Gasteiger partial charge < -0.3 is 10.1 Å². The molecule has 0 aliphatic carbocycles. The van der Waals surface area contributed by atoms with Crippen LogP contribution in [0.4, 0.5) is 0 Å². The lowest BCUT2D eigenvalue weighted by molar-refractivity contribution is -0.123. The van der Waals surface area contributed by atoms with E-state index in [1.54, 1.807) is 18.2 Å². The molecule has 0 unspecified atom stereocenters. The molecule has 2 aromatic carbocycles. The van der Waals surface area contributed by atoms with E-state index in [4.69, 9.17) is 27.9 Å². The van der Waals surface area contributed by atoms with Crippen molar-refractivity contribution >= 4 is 29.1 Å². The molecule has 0 heterocycles.